The van der Waals surface area contributed by atoms with Gasteiger partial charge in [-0.3, -0.25) is 9.67 Å². The van der Waals surface area contributed by atoms with E-state index < -0.39 is 10.0 Å². The Labute approximate surface area is 168 Å². The van der Waals surface area contributed by atoms with Gasteiger partial charge < -0.3 is 5.32 Å². The first-order chi connectivity index (χ1) is 13.9. The number of aryl methyl sites for hydroxylation is 1. The number of rotatable bonds is 3. The molecule has 8 heteroatoms. The van der Waals surface area contributed by atoms with Crippen molar-refractivity contribution in [1.82, 2.24) is 24.1 Å². The third-order valence-corrected chi connectivity index (χ3v) is 7.16. The van der Waals surface area contributed by atoms with Crippen molar-refractivity contribution in [1.29, 1.82) is 0 Å². The number of fused-ring (bicyclic) bond motifs is 2. The highest BCUT2D eigenvalue weighted by Gasteiger charge is 2.24. The molecule has 1 unspecified atom stereocenters. The first-order valence-corrected chi connectivity index (χ1v) is 11.0. The molecule has 0 fully saturated rings. The van der Waals surface area contributed by atoms with Gasteiger partial charge in [-0.1, -0.05) is 6.08 Å². The molecule has 0 spiro atoms. The summed E-state index contributed by atoms with van der Waals surface area (Å²) >= 11 is 0. The number of nitrogens with one attached hydrogen (secondary N) is 1. The molecule has 0 bridgehead atoms. The van der Waals surface area contributed by atoms with Crippen LogP contribution in [0.4, 0.5) is 0 Å². The summed E-state index contributed by atoms with van der Waals surface area (Å²) in [5, 5.41) is 8.38. The minimum absolute atomic E-state index is 0.234. The van der Waals surface area contributed by atoms with E-state index in [0.717, 1.165) is 35.0 Å². The molecule has 0 saturated carbocycles. The predicted molar refractivity (Wildman–Crippen MR) is 113 cm³/mol. The quantitative estimate of drug-likeness (QED) is 0.565. The van der Waals surface area contributed by atoms with Crippen LogP contribution in [0.1, 0.15) is 18.9 Å². The van der Waals surface area contributed by atoms with E-state index in [1.165, 1.54) is 3.97 Å². The number of benzene rings is 1. The van der Waals surface area contributed by atoms with Gasteiger partial charge in [0.25, 0.3) is 10.0 Å². The summed E-state index contributed by atoms with van der Waals surface area (Å²) < 4.78 is 30.2. The summed E-state index contributed by atoms with van der Waals surface area (Å²) in [5.74, 6) is 0. The van der Waals surface area contributed by atoms with E-state index in [2.05, 4.69) is 28.4 Å². The Balaban J connectivity index is 1.70. The average molecular weight is 407 g/mol. The van der Waals surface area contributed by atoms with Crippen LogP contribution in [0, 0.1) is 0 Å². The van der Waals surface area contributed by atoms with Crippen molar-refractivity contribution in [2.24, 2.45) is 7.05 Å². The molecule has 5 rings (SSSR count). The molecule has 0 amide bonds. The zero-order valence-corrected chi connectivity index (χ0v) is 17.0. The van der Waals surface area contributed by atoms with Crippen LogP contribution in [-0.2, 0) is 17.1 Å². The van der Waals surface area contributed by atoms with Crippen LogP contribution in [0.5, 0.6) is 0 Å². The largest absolute Gasteiger partial charge is 0.310 e. The molecule has 148 valence electrons. The van der Waals surface area contributed by atoms with Crippen LogP contribution in [0.3, 0.4) is 0 Å². The lowest BCUT2D eigenvalue weighted by Gasteiger charge is -2.20. The second-order valence-electron chi connectivity index (χ2n) is 7.45. The number of hydrogen-bond donors (Lipinski definition) is 1. The van der Waals surface area contributed by atoms with Gasteiger partial charge in [0.1, 0.15) is 0 Å². The molecule has 1 atom stereocenters. The maximum atomic E-state index is 13.5. The van der Waals surface area contributed by atoms with Crippen molar-refractivity contribution in [3.63, 3.8) is 0 Å². The Kier molecular flexibility index (Phi) is 4.07. The van der Waals surface area contributed by atoms with Crippen molar-refractivity contribution in [2.75, 3.05) is 6.54 Å². The Bertz CT molecular complexity index is 1380. The third kappa shape index (κ3) is 2.87. The lowest BCUT2D eigenvalue weighted by molar-refractivity contribution is 0.579. The van der Waals surface area contributed by atoms with Gasteiger partial charge in [-0.05, 0) is 49.2 Å². The Hall–Kier alpha value is -2.97. The lowest BCUT2D eigenvalue weighted by Crippen LogP contribution is -2.29. The van der Waals surface area contributed by atoms with E-state index in [0.29, 0.717) is 17.1 Å². The molecule has 0 saturated heterocycles. The van der Waals surface area contributed by atoms with Gasteiger partial charge in [-0.25, -0.2) is 12.4 Å². The van der Waals surface area contributed by atoms with Gasteiger partial charge >= 0.3 is 0 Å². The highest BCUT2D eigenvalue weighted by molar-refractivity contribution is 7.90. The van der Waals surface area contributed by atoms with Crippen LogP contribution in [0.15, 0.2) is 59.9 Å². The fourth-order valence-electron chi connectivity index (χ4n) is 3.97. The molecule has 0 aliphatic carbocycles. The molecule has 7 nitrogen and oxygen atoms in total. The monoisotopic (exact) mass is 407 g/mol. The lowest BCUT2D eigenvalue weighted by atomic mass is 9.97. The van der Waals surface area contributed by atoms with Gasteiger partial charge in [-0.15, -0.1) is 0 Å². The predicted octanol–water partition coefficient (Wildman–Crippen LogP) is 2.93. The number of pyridine rings is 1. The fraction of sp³-hybridized carbons (Fsp3) is 0.238. The summed E-state index contributed by atoms with van der Waals surface area (Å²) in [6.07, 6.45) is 8.04. The zero-order chi connectivity index (χ0) is 20.2. The molecule has 1 N–H and O–H groups in total. The Morgan fingerprint density at radius 1 is 1.21 bits per heavy atom. The van der Waals surface area contributed by atoms with Crippen LogP contribution < -0.4 is 5.32 Å². The number of hydrogen-bond acceptors (Lipinski definition) is 5. The van der Waals surface area contributed by atoms with Gasteiger partial charge in [0.15, 0.2) is 0 Å². The Morgan fingerprint density at radius 3 is 2.90 bits per heavy atom. The molecular weight excluding hydrogens is 386 g/mol. The maximum absolute atomic E-state index is 13.5. The maximum Gasteiger partial charge on any atom is 0.268 e. The molecule has 1 aliphatic rings. The van der Waals surface area contributed by atoms with Crippen molar-refractivity contribution >= 4 is 37.5 Å². The van der Waals surface area contributed by atoms with Gasteiger partial charge in [0.05, 0.1) is 27.6 Å². The smallest absolute Gasteiger partial charge is 0.268 e. The van der Waals surface area contributed by atoms with Crippen LogP contribution >= 0.6 is 0 Å². The standard InChI is InChI=1S/C21H21N5O2S/c1-14-10-15(7-9-22-14)18-13-26(20-4-3-8-23-21(18)20)29(27,28)17-5-6-19-16(11-17)12-24-25(19)2/h3-8,11-14,22H,9-10H2,1-2H3. The second kappa shape index (κ2) is 6.53. The first kappa shape index (κ1) is 18.1. The molecule has 4 aromatic rings. The van der Waals surface area contributed by atoms with Crippen molar-refractivity contribution in [3.8, 4) is 0 Å². The first-order valence-electron chi connectivity index (χ1n) is 9.51. The topological polar surface area (TPSA) is 81.8 Å². The molecule has 3 aromatic heterocycles. The average Bonchev–Trinajstić information content (AvgIpc) is 3.29. The van der Waals surface area contributed by atoms with E-state index in [9.17, 15) is 8.42 Å². The number of nitrogens with zero attached hydrogens (tertiary/aromatic N) is 4. The SMILES string of the molecule is CC1CC(c2cn(S(=O)(=O)c3ccc4c(cnn4C)c3)c3cccnc23)=CCN1. The normalized spacial score (nSPS) is 17.7. The molecule has 4 heterocycles. The van der Waals surface area contributed by atoms with Gasteiger partial charge in [0, 0.05) is 43.0 Å². The van der Waals surface area contributed by atoms with Crippen LogP contribution in [0.2, 0.25) is 0 Å². The summed E-state index contributed by atoms with van der Waals surface area (Å²) in [6, 6.07) is 9.00. The summed E-state index contributed by atoms with van der Waals surface area (Å²) in [4.78, 5) is 4.74. The van der Waals surface area contributed by atoms with Crippen molar-refractivity contribution in [2.45, 2.75) is 24.3 Å². The molecular formula is C21H21N5O2S. The Morgan fingerprint density at radius 2 is 2.07 bits per heavy atom. The molecule has 0 radical (unpaired) electrons. The van der Waals surface area contributed by atoms with Crippen molar-refractivity contribution < 1.29 is 8.42 Å². The van der Waals surface area contributed by atoms with Gasteiger partial charge in [-0.2, -0.15) is 5.10 Å². The molecule has 29 heavy (non-hydrogen) atoms. The minimum Gasteiger partial charge on any atom is -0.310 e. The highest BCUT2D eigenvalue weighted by Crippen LogP contribution is 2.32. The summed E-state index contributed by atoms with van der Waals surface area (Å²) in [6.45, 7) is 2.89. The van der Waals surface area contributed by atoms with E-state index in [1.807, 2.05) is 7.05 Å². The van der Waals surface area contributed by atoms with E-state index >= 15 is 0 Å². The van der Waals surface area contributed by atoms with Crippen molar-refractivity contribution in [3.05, 3.63) is 60.6 Å². The molecule has 1 aliphatic heterocycles. The zero-order valence-electron chi connectivity index (χ0n) is 16.2. The van der Waals surface area contributed by atoms with Crippen LogP contribution in [0.25, 0.3) is 27.5 Å². The summed E-state index contributed by atoms with van der Waals surface area (Å²) in [5.41, 5.74) is 4.17. The fourth-order valence-corrected chi connectivity index (χ4v) is 5.36. The minimum atomic E-state index is -3.78. The van der Waals surface area contributed by atoms with Gasteiger partial charge in [0.2, 0.25) is 0 Å². The molecule has 1 aromatic carbocycles. The number of aromatic nitrogens is 4. The second-order valence-corrected chi connectivity index (χ2v) is 9.26. The van der Waals surface area contributed by atoms with E-state index in [-0.39, 0.29) is 4.90 Å². The van der Waals surface area contributed by atoms with E-state index in [4.69, 9.17) is 0 Å². The highest BCUT2D eigenvalue weighted by atomic mass is 32.2. The van der Waals surface area contributed by atoms with Crippen LogP contribution in [-0.4, -0.2) is 39.7 Å². The van der Waals surface area contributed by atoms with E-state index in [1.54, 1.807) is 53.6 Å². The summed E-state index contributed by atoms with van der Waals surface area (Å²) in [7, 11) is -1.95. The third-order valence-electron chi connectivity index (χ3n) is 5.49.